The highest BCUT2D eigenvalue weighted by atomic mass is 16.5. The van der Waals surface area contributed by atoms with Gasteiger partial charge in [-0.25, -0.2) is 0 Å². The van der Waals surface area contributed by atoms with Crippen LogP contribution in [0, 0.1) is 0 Å². The lowest BCUT2D eigenvalue weighted by atomic mass is 10.3. The van der Waals surface area contributed by atoms with E-state index in [1.165, 1.54) is 0 Å². The summed E-state index contributed by atoms with van der Waals surface area (Å²) in [6.45, 7) is 3.61. The number of likely N-dealkylation sites (tertiary alicyclic amines) is 1. The fourth-order valence-corrected chi connectivity index (χ4v) is 1.29. The van der Waals surface area contributed by atoms with Gasteiger partial charge in [-0.15, -0.1) is 0 Å². The maximum Gasteiger partial charge on any atom is 0.104 e. The molecule has 1 aliphatic heterocycles. The van der Waals surface area contributed by atoms with Crippen molar-refractivity contribution in [1.82, 2.24) is 4.90 Å². The van der Waals surface area contributed by atoms with Gasteiger partial charge < -0.3 is 9.84 Å². The standard InChI is InChI=1S/C7H15NO2/c1-6(9)8-4-3-7(5-8)10-2/h6-7,9H,3-5H2,1-2H3. The average Bonchev–Trinajstić information content (AvgIpc) is 2.34. The van der Waals surface area contributed by atoms with Crippen molar-refractivity contribution in [3.8, 4) is 0 Å². The smallest absolute Gasteiger partial charge is 0.104 e. The molecular formula is C7H15NO2. The second-order valence-electron chi connectivity index (χ2n) is 2.77. The number of aliphatic hydroxyl groups is 1. The third kappa shape index (κ3) is 1.68. The predicted molar refractivity (Wildman–Crippen MR) is 38.7 cm³/mol. The molecule has 0 amide bonds. The minimum atomic E-state index is -0.319. The molecule has 2 atom stereocenters. The quantitative estimate of drug-likeness (QED) is 0.595. The third-order valence-electron chi connectivity index (χ3n) is 2.04. The van der Waals surface area contributed by atoms with Crippen LogP contribution in [0.1, 0.15) is 13.3 Å². The van der Waals surface area contributed by atoms with Crippen molar-refractivity contribution >= 4 is 0 Å². The lowest BCUT2D eigenvalue weighted by molar-refractivity contribution is 0.0209. The van der Waals surface area contributed by atoms with Crippen LogP contribution in [0.25, 0.3) is 0 Å². The molecule has 1 heterocycles. The molecule has 3 heteroatoms. The summed E-state index contributed by atoms with van der Waals surface area (Å²) in [7, 11) is 1.72. The van der Waals surface area contributed by atoms with E-state index in [1.54, 1.807) is 14.0 Å². The van der Waals surface area contributed by atoms with Gasteiger partial charge in [0.2, 0.25) is 0 Å². The van der Waals surface area contributed by atoms with Gasteiger partial charge in [-0.2, -0.15) is 0 Å². The van der Waals surface area contributed by atoms with Crippen LogP contribution in [0.3, 0.4) is 0 Å². The molecule has 1 rings (SSSR count). The molecular weight excluding hydrogens is 130 g/mol. The molecule has 1 saturated heterocycles. The third-order valence-corrected chi connectivity index (χ3v) is 2.04. The number of rotatable bonds is 2. The van der Waals surface area contributed by atoms with Crippen LogP contribution in [-0.4, -0.2) is 42.5 Å². The number of nitrogens with zero attached hydrogens (tertiary/aromatic N) is 1. The molecule has 2 unspecified atom stereocenters. The topological polar surface area (TPSA) is 32.7 Å². The van der Waals surface area contributed by atoms with Crippen molar-refractivity contribution < 1.29 is 9.84 Å². The minimum Gasteiger partial charge on any atom is -0.380 e. The van der Waals surface area contributed by atoms with Gasteiger partial charge in [0, 0.05) is 20.2 Å². The molecule has 0 radical (unpaired) electrons. The van der Waals surface area contributed by atoms with Crippen molar-refractivity contribution in [2.75, 3.05) is 20.2 Å². The Morgan fingerprint density at radius 3 is 2.70 bits per heavy atom. The van der Waals surface area contributed by atoms with Crippen molar-refractivity contribution in [2.24, 2.45) is 0 Å². The zero-order valence-electron chi connectivity index (χ0n) is 6.58. The van der Waals surface area contributed by atoms with Gasteiger partial charge in [0.05, 0.1) is 6.10 Å². The minimum absolute atomic E-state index is 0.319. The van der Waals surface area contributed by atoms with Crippen LogP contribution in [-0.2, 0) is 4.74 Å². The van der Waals surface area contributed by atoms with Crippen LogP contribution in [0.2, 0.25) is 0 Å². The molecule has 0 saturated carbocycles. The number of hydrogen-bond acceptors (Lipinski definition) is 3. The summed E-state index contributed by atoms with van der Waals surface area (Å²) in [5.74, 6) is 0. The summed E-state index contributed by atoms with van der Waals surface area (Å²) in [6.07, 6.45) is 1.05. The Labute approximate surface area is 61.6 Å². The van der Waals surface area contributed by atoms with Crippen molar-refractivity contribution in [3.63, 3.8) is 0 Å². The van der Waals surface area contributed by atoms with E-state index in [-0.39, 0.29) is 6.23 Å². The molecule has 1 N–H and O–H groups in total. The van der Waals surface area contributed by atoms with Crippen molar-refractivity contribution in [1.29, 1.82) is 0 Å². The molecule has 1 aliphatic rings. The first-order chi connectivity index (χ1) is 4.74. The van der Waals surface area contributed by atoms with Gasteiger partial charge in [0.15, 0.2) is 0 Å². The van der Waals surface area contributed by atoms with Gasteiger partial charge in [-0.1, -0.05) is 0 Å². The zero-order valence-corrected chi connectivity index (χ0v) is 6.58. The van der Waals surface area contributed by atoms with Crippen LogP contribution >= 0.6 is 0 Å². The molecule has 0 spiro atoms. The molecule has 0 bridgehead atoms. The van der Waals surface area contributed by atoms with E-state index in [0.717, 1.165) is 19.5 Å². The van der Waals surface area contributed by atoms with E-state index in [9.17, 15) is 0 Å². The van der Waals surface area contributed by atoms with E-state index in [0.29, 0.717) is 6.10 Å². The Morgan fingerprint density at radius 1 is 1.70 bits per heavy atom. The normalized spacial score (nSPS) is 30.9. The Bertz CT molecular complexity index is 106. The first kappa shape index (κ1) is 7.98. The second kappa shape index (κ2) is 3.32. The highest BCUT2D eigenvalue weighted by Gasteiger charge is 2.24. The van der Waals surface area contributed by atoms with Gasteiger partial charge in [0.25, 0.3) is 0 Å². The highest BCUT2D eigenvalue weighted by Crippen LogP contribution is 2.12. The summed E-state index contributed by atoms with van der Waals surface area (Å²) in [5.41, 5.74) is 0. The monoisotopic (exact) mass is 145 g/mol. The maximum absolute atomic E-state index is 9.14. The van der Waals surface area contributed by atoms with Crippen LogP contribution in [0.15, 0.2) is 0 Å². The second-order valence-corrected chi connectivity index (χ2v) is 2.77. The van der Waals surface area contributed by atoms with E-state index in [4.69, 9.17) is 9.84 Å². The van der Waals surface area contributed by atoms with Crippen LogP contribution < -0.4 is 0 Å². The van der Waals surface area contributed by atoms with E-state index in [2.05, 4.69) is 0 Å². The lowest BCUT2D eigenvalue weighted by Crippen LogP contribution is -2.31. The van der Waals surface area contributed by atoms with E-state index in [1.807, 2.05) is 4.90 Å². The fraction of sp³-hybridized carbons (Fsp3) is 1.00. The first-order valence-electron chi connectivity index (χ1n) is 3.69. The van der Waals surface area contributed by atoms with Crippen molar-refractivity contribution in [2.45, 2.75) is 25.7 Å². The molecule has 60 valence electrons. The summed E-state index contributed by atoms with van der Waals surface area (Å²) in [5, 5.41) is 9.14. The molecule has 0 aliphatic carbocycles. The summed E-state index contributed by atoms with van der Waals surface area (Å²) in [6, 6.07) is 0. The Balaban J connectivity index is 2.28. The Morgan fingerprint density at radius 2 is 2.40 bits per heavy atom. The van der Waals surface area contributed by atoms with E-state index >= 15 is 0 Å². The molecule has 0 aromatic heterocycles. The number of hydrogen-bond donors (Lipinski definition) is 1. The molecule has 1 fully saturated rings. The number of methoxy groups -OCH3 is 1. The summed E-state index contributed by atoms with van der Waals surface area (Å²) in [4.78, 5) is 2.01. The maximum atomic E-state index is 9.14. The predicted octanol–water partition coefficient (Wildman–Crippen LogP) is 0.0454. The van der Waals surface area contributed by atoms with Gasteiger partial charge >= 0.3 is 0 Å². The molecule has 3 nitrogen and oxygen atoms in total. The summed E-state index contributed by atoms with van der Waals surface area (Å²) >= 11 is 0. The lowest BCUT2D eigenvalue weighted by Gasteiger charge is -2.18. The molecule has 0 aromatic rings. The van der Waals surface area contributed by atoms with E-state index < -0.39 is 0 Å². The number of ether oxygens (including phenoxy) is 1. The Kier molecular flexibility index (Phi) is 2.65. The molecule has 0 aromatic carbocycles. The number of aliphatic hydroxyl groups excluding tert-OH is 1. The van der Waals surface area contributed by atoms with Gasteiger partial charge in [0.1, 0.15) is 6.23 Å². The van der Waals surface area contributed by atoms with Crippen LogP contribution in [0.5, 0.6) is 0 Å². The van der Waals surface area contributed by atoms with Crippen LogP contribution in [0.4, 0.5) is 0 Å². The molecule has 10 heavy (non-hydrogen) atoms. The largest absolute Gasteiger partial charge is 0.380 e. The van der Waals surface area contributed by atoms with Gasteiger partial charge in [-0.3, -0.25) is 4.90 Å². The SMILES string of the molecule is COC1CCN(C(C)O)C1. The van der Waals surface area contributed by atoms with Crippen molar-refractivity contribution in [3.05, 3.63) is 0 Å². The first-order valence-corrected chi connectivity index (χ1v) is 3.69. The highest BCUT2D eigenvalue weighted by molar-refractivity contribution is 4.75. The fourth-order valence-electron chi connectivity index (χ4n) is 1.29. The zero-order chi connectivity index (χ0) is 7.56. The average molecular weight is 145 g/mol. The Hall–Kier alpha value is -0.120. The summed E-state index contributed by atoms with van der Waals surface area (Å²) < 4.78 is 5.14. The van der Waals surface area contributed by atoms with Gasteiger partial charge in [-0.05, 0) is 13.3 Å².